The lowest BCUT2D eigenvalue weighted by atomic mass is 10.1. The van der Waals surface area contributed by atoms with Gasteiger partial charge in [-0.05, 0) is 18.9 Å². The number of rotatable bonds is 6. The second-order valence-electron chi connectivity index (χ2n) is 4.76. The van der Waals surface area contributed by atoms with Crippen LogP contribution in [0.1, 0.15) is 18.4 Å². The van der Waals surface area contributed by atoms with E-state index in [-0.39, 0.29) is 0 Å². The minimum atomic E-state index is 0.501. The number of methoxy groups -OCH3 is 3. The van der Waals surface area contributed by atoms with Crippen LogP contribution in [0.4, 0.5) is 0 Å². The van der Waals surface area contributed by atoms with E-state index in [4.69, 9.17) is 18.9 Å². The Bertz CT molecular complexity index is 430. The highest BCUT2D eigenvalue weighted by molar-refractivity contribution is 5.55. The van der Waals surface area contributed by atoms with E-state index < -0.39 is 0 Å². The fraction of sp³-hybridized carbons (Fsp3) is 0.600. The van der Waals surface area contributed by atoms with Gasteiger partial charge < -0.3 is 24.3 Å². The Labute approximate surface area is 120 Å². The molecule has 5 nitrogen and oxygen atoms in total. The van der Waals surface area contributed by atoms with Gasteiger partial charge >= 0.3 is 0 Å². The van der Waals surface area contributed by atoms with E-state index in [2.05, 4.69) is 5.32 Å². The van der Waals surface area contributed by atoms with Crippen molar-refractivity contribution in [3.05, 3.63) is 17.7 Å². The highest BCUT2D eigenvalue weighted by Gasteiger charge is 2.18. The van der Waals surface area contributed by atoms with Gasteiger partial charge in [-0.25, -0.2) is 0 Å². The van der Waals surface area contributed by atoms with Crippen LogP contribution in [-0.4, -0.2) is 40.6 Å². The largest absolute Gasteiger partial charge is 0.493 e. The molecule has 0 atom stereocenters. The van der Waals surface area contributed by atoms with Crippen LogP contribution >= 0.6 is 0 Å². The fourth-order valence-corrected chi connectivity index (χ4v) is 2.46. The number of hydrogen-bond donors (Lipinski definition) is 1. The quantitative estimate of drug-likeness (QED) is 0.864. The minimum absolute atomic E-state index is 0.501. The summed E-state index contributed by atoms with van der Waals surface area (Å²) >= 11 is 0. The summed E-state index contributed by atoms with van der Waals surface area (Å²) in [6, 6.07) is 4.41. The Balaban J connectivity index is 2.10. The van der Waals surface area contributed by atoms with Gasteiger partial charge in [-0.1, -0.05) is 6.07 Å². The molecule has 0 unspecified atom stereocenters. The van der Waals surface area contributed by atoms with Crippen molar-refractivity contribution in [1.82, 2.24) is 5.32 Å². The van der Waals surface area contributed by atoms with Crippen molar-refractivity contribution in [3.63, 3.8) is 0 Å². The zero-order valence-electron chi connectivity index (χ0n) is 12.4. The summed E-state index contributed by atoms with van der Waals surface area (Å²) in [5.74, 6) is 2.05. The van der Waals surface area contributed by atoms with Gasteiger partial charge in [0.25, 0.3) is 0 Å². The monoisotopic (exact) mass is 281 g/mol. The molecule has 1 fully saturated rings. The SMILES string of the molecule is COc1ccc(CNC2CCOCC2)c(OC)c1OC. The van der Waals surface area contributed by atoms with Crippen LogP contribution in [-0.2, 0) is 11.3 Å². The maximum absolute atomic E-state index is 5.48. The Morgan fingerprint density at radius 2 is 1.75 bits per heavy atom. The highest BCUT2D eigenvalue weighted by atomic mass is 16.5. The maximum atomic E-state index is 5.48. The lowest BCUT2D eigenvalue weighted by Gasteiger charge is -2.24. The zero-order chi connectivity index (χ0) is 14.4. The van der Waals surface area contributed by atoms with Gasteiger partial charge in [-0.3, -0.25) is 0 Å². The molecule has 1 aromatic carbocycles. The average molecular weight is 281 g/mol. The summed E-state index contributed by atoms with van der Waals surface area (Å²) < 4.78 is 21.5. The molecule has 0 bridgehead atoms. The molecule has 112 valence electrons. The Hall–Kier alpha value is -1.46. The topological polar surface area (TPSA) is 49.0 Å². The van der Waals surface area contributed by atoms with Crippen LogP contribution in [0.25, 0.3) is 0 Å². The lowest BCUT2D eigenvalue weighted by Crippen LogP contribution is -2.34. The van der Waals surface area contributed by atoms with E-state index in [1.54, 1.807) is 21.3 Å². The molecule has 0 aromatic heterocycles. The number of benzene rings is 1. The molecule has 0 radical (unpaired) electrons. The molecule has 1 saturated heterocycles. The molecule has 1 N–H and O–H groups in total. The van der Waals surface area contributed by atoms with Crippen molar-refractivity contribution in [3.8, 4) is 17.2 Å². The molecule has 1 aromatic rings. The summed E-state index contributed by atoms with van der Waals surface area (Å²) in [5.41, 5.74) is 1.07. The van der Waals surface area contributed by atoms with Crippen molar-refractivity contribution < 1.29 is 18.9 Å². The summed E-state index contributed by atoms with van der Waals surface area (Å²) in [6.07, 6.45) is 2.10. The maximum Gasteiger partial charge on any atom is 0.203 e. The Kier molecular flexibility index (Phi) is 5.49. The van der Waals surface area contributed by atoms with Gasteiger partial charge in [-0.2, -0.15) is 0 Å². The van der Waals surface area contributed by atoms with Crippen molar-refractivity contribution >= 4 is 0 Å². The highest BCUT2D eigenvalue weighted by Crippen LogP contribution is 2.39. The molecular weight excluding hydrogens is 258 g/mol. The first-order valence-corrected chi connectivity index (χ1v) is 6.89. The summed E-state index contributed by atoms with van der Waals surface area (Å²) in [6.45, 7) is 2.41. The van der Waals surface area contributed by atoms with Crippen LogP contribution in [0.3, 0.4) is 0 Å². The van der Waals surface area contributed by atoms with Gasteiger partial charge in [0, 0.05) is 31.4 Å². The first-order valence-electron chi connectivity index (χ1n) is 6.89. The average Bonchev–Trinajstić information content (AvgIpc) is 2.52. The molecule has 0 saturated carbocycles. The third kappa shape index (κ3) is 3.35. The Morgan fingerprint density at radius 1 is 1.05 bits per heavy atom. The van der Waals surface area contributed by atoms with Crippen LogP contribution in [0.15, 0.2) is 12.1 Å². The van der Waals surface area contributed by atoms with Crippen molar-refractivity contribution in [2.24, 2.45) is 0 Å². The second kappa shape index (κ2) is 7.36. The van der Waals surface area contributed by atoms with Gasteiger partial charge in [0.15, 0.2) is 11.5 Å². The third-order valence-electron chi connectivity index (χ3n) is 3.59. The Morgan fingerprint density at radius 3 is 2.35 bits per heavy atom. The van der Waals surface area contributed by atoms with Crippen LogP contribution in [0.2, 0.25) is 0 Å². The van der Waals surface area contributed by atoms with E-state index in [9.17, 15) is 0 Å². The van der Waals surface area contributed by atoms with Gasteiger partial charge in [0.05, 0.1) is 21.3 Å². The first-order chi connectivity index (χ1) is 9.80. The molecule has 0 aliphatic carbocycles. The summed E-state index contributed by atoms with van der Waals surface area (Å²) in [5, 5.41) is 3.55. The summed E-state index contributed by atoms with van der Waals surface area (Å²) in [4.78, 5) is 0. The predicted octanol–water partition coefficient (Wildman–Crippen LogP) is 1.98. The molecular formula is C15H23NO4. The van der Waals surface area contributed by atoms with Crippen LogP contribution in [0.5, 0.6) is 17.2 Å². The van der Waals surface area contributed by atoms with E-state index in [0.717, 1.165) is 43.9 Å². The molecule has 1 aliphatic heterocycles. The van der Waals surface area contributed by atoms with Crippen molar-refractivity contribution in [2.45, 2.75) is 25.4 Å². The van der Waals surface area contributed by atoms with E-state index in [1.165, 1.54) is 0 Å². The normalized spacial score (nSPS) is 15.9. The second-order valence-corrected chi connectivity index (χ2v) is 4.76. The predicted molar refractivity (Wildman–Crippen MR) is 76.8 cm³/mol. The number of nitrogens with one attached hydrogen (secondary N) is 1. The van der Waals surface area contributed by atoms with Gasteiger partial charge in [-0.15, -0.1) is 0 Å². The van der Waals surface area contributed by atoms with Gasteiger partial charge in [0.2, 0.25) is 5.75 Å². The molecule has 0 spiro atoms. The number of hydrogen-bond acceptors (Lipinski definition) is 5. The van der Waals surface area contributed by atoms with Crippen molar-refractivity contribution in [1.29, 1.82) is 0 Å². The molecule has 0 amide bonds. The van der Waals surface area contributed by atoms with Crippen LogP contribution < -0.4 is 19.5 Å². The van der Waals surface area contributed by atoms with E-state index >= 15 is 0 Å². The smallest absolute Gasteiger partial charge is 0.203 e. The third-order valence-corrected chi connectivity index (χ3v) is 3.59. The van der Waals surface area contributed by atoms with Crippen LogP contribution in [0, 0.1) is 0 Å². The molecule has 20 heavy (non-hydrogen) atoms. The summed E-state index contributed by atoms with van der Waals surface area (Å²) in [7, 11) is 4.89. The molecule has 5 heteroatoms. The van der Waals surface area contributed by atoms with Crippen molar-refractivity contribution in [2.75, 3.05) is 34.5 Å². The molecule has 1 aliphatic rings. The van der Waals surface area contributed by atoms with Gasteiger partial charge in [0.1, 0.15) is 0 Å². The fourth-order valence-electron chi connectivity index (χ4n) is 2.46. The van der Waals surface area contributed by atoms with E-state index in [1.807, 2.05) is 12.1 Å². The zero-order valence-corrected chi connectivity index (χ0v) is 12.4. The lowest BCUT2D eigenvalue weighted by molar-refractivity contribution is 0.0775. The first kappa shape index (κ1) is 14.9. The minimum Gasteiger partial charge on any atom is -0.493 e. The van der Waals surface area contributed by atoms with E-state index in [0.29, 0.717) is 17.5 Å². The molecule has 1 heterocycles. The number of ether oxygens (including phenoxy) is 4. The standard InChI is InChI=1S/C15H23NO4/c1-17-13-5-4-11(14(18-2)15(13)19-3)10-16-12-6-8-20-9-7-12/h4-5,12,16H,6-10H2,1-3H3. The molecule has 2 rings (SSSR count).